The number of thiophene rings is 1. The van der Waals surface area contributed by atoms with Crippen LogP contribution in [0, 0.1) is 0 Å². The van der Waals surface area contributed by atoms with E-state index >= 15 is 0 Å². The first-order valence-electron chi connectivity index (χ1n) is 5.02. The highest BCUT2D eigenvalue weighted by atomic mass is 79.9. The molecule has 0 aliphatic heterocycles. The number of nitrogens with two attached hydrogens (primary N) is 1. The molecule has 3 N–H and O–H groups in total. The van der Waals surface area contributed by atoms with Crippen molar-refractivity contribution in [2.45, 2.75) is 6.42 Å². The van der Waals surface area contributed by atoms with Crippen LogP contribution in [0.15, 0.2) is 40.2 Å². The number of hydrogen-bond donors (Lipinski definition) is 2. The van der Waals surface area contributed by atoms with Gasteiger partial charge in [-0.25, -0.2) is 0 Å². The quantitative estimate of drug-likeness (QED) is 0.855. The van der Waals surface area contributed by atoms with Crippen molar-refractivity contribution in [3.05, 3.63) is 45.1 Å². The molecule has 0 saturated carbocycles. The van der Waals surface area contributed by atoms with Gasteiger partial charge >= 0.3 is 0 Å². The van der Waals surface area contributed by atoms with Crippen molar-refractivity contribution in [1.82, 2.24) is 0 Å². The van der Waals surface area contributed by atoms with E-state index < -0.39 is 0 Å². The summed E-state index contributed by atoms with van der Waals surface area (Å²) in [7, 11) is 0. The van der Waals surface area contributed by atoms with E-state index in [4.69, 9.17) is 5.73 Å². The minimum absolute atomic E-state index is 0.0240. The van der Waals surface area contributed by atoms with Gasteiger partial charge in [0, 0.05) is 26.1 Å². The molecule has 0 spiro atoms. The summed E-state index contributed by atoms with van der Waals surface area (Å²) in [5, 5.41) is 4.79. The van der Waals surface area contributed by atoms with Crippen molar-refractivity contribution >= 4 is 44.5 Å². The van der Waals surface area contributed by atoms with Crippen LogP contribution >= 0.6 is 27.3 Å². The van der Waals surface area contributed by atoms with E-state index in [-0.39, 0.29) is 5.91 Å². The van der Waals surface area contributed by atoms with Crippen molar-refractivity contribution in [3.8, 4) is 0 Å². The lowest BCUT2D eigenvalue weighted by molar-refractivity contribution is -0.115. The van der Waals surface area contributed by atoms with Gasteiger partial charge < -0.3 is 11.1 Å². The number of benzene rings is 1. The van der Waals surface area contributed by atoms with Crippen molar-refractivity contribution in [1.29, 1.82) is 0 Å². The number of nitrogens with one attached hydrogen (secondary N) is 1. The Morgan fingerprint density at radius 3 is 2.65 bits per heavy atom. The first-order chi connectivity index (χ1) is 8.13. The van der Waals surface area contributed by atoms with Crippen LogP contribution in [0.4, 0.5) is 11.4 Å². The molecular formula is C12H11BrN2OS. The van der Waals surface area contributed by atoms with E-state index in [1.165, 1.54) is 0 Å². The molecule has 1 aromatic heterocycles. The Bertz CT molecular complexity index is 522. The fraction of sp³-hybridized carbons (Fsp3) is 0.0833. The van der Waals surface area contributed by atoms with E-state index in [1.807, 2.05) is 11.4 Å². The first kappa shape index (κ1) is 12.1. The Labute approximate surface area is 112 Å². The van der Waals surface area contributed by atoms with Crippen LogP contribution in [0.3, 0.4) is 0 Å². The van der Waals surface area contributed by atoms with Crippen LogP contribution in [0.1, 0.15) is 4.88 Å². The monoisotopic (exact) mass is 310 g/mol. The van der Waals surface area contributed by atoms with Gasteiger partial charge in [-0.1, -0.05) is 0 Å². The predicted octanol–water partition coefficient (Wildman–Crippen LogP) is 3.27. The highest BCUT2D eigenvalue weighted by molar-refractivity contribution is 9.10. The molecule has 2 rings (SSSR count). The molecule has 1 amide bonds. The second kappa shape index (κ2) is 5.33. The second-order valence-electron chi connectivity index (χ2n) is 3.58. The standard InChI is InChI=1S/C12H11BrN2OS/c13-8-5-11(17-7-8)6-12(16)15-10-3-1-9(14)2-4-10/h1-5,7H,6,14H2,(H,15,16). The zero-order valence-electron chi connectivity index (χ0n) is 8.94. The zero-order valence-corrected chi connectivity index (χ0v) is 11.3. The number of nitrogen functional groups attached to an aromatic ring is 1. The molecule has 1 aromatic carbocycles. The molecule has 0 bridgehead atoms. The molecule has 0 unspecified atom stereocenters. The minimum Gasteiger partial charge on any atom is -0.399 e. The number of amides is 1. The summed E-state index contributed by atoms with van der Waals surface area (Å²) >= 11 is 4.92. The summed E-state index contributed by atoms with van der Waals surface area (Å²) in [4.78, 5) is 12.8. The first-order valence-corrected chi connectivity index (χ1v) is 6.69. The molecule has 0 saturated heterocycles. The van der Waals surface area contributed by atoms with Gasteiger partial charge in [0.1, 0.15) is 0 Å². The zero-order chi connectivity index (χ0) is 12.3. The third kappa shape index (κ3) is 3.57. The van der Waals surface area contributed by atoms with Gasteiger partial charge in [0.15, 0.2) is 0 Å². The summed E-state index contributed by atoms with van der Waals surface area (Å²) in [5.41, 5.74) is 7.02. The largest absolute Gasteiger partial charge is 0.399 e. The lowest BCUT2D eigenvalue weighted by atomic mass is 10.2. The SMILES string of the molecule is Nc1ccc(NC(=O)Cc2cc(Br)cs2)cc1. The maximum atomic E-state index is 11.7. The molecule has 17 heavy (non-hydrogen) atoms. The van der Waals surface area contributed by atoms with Gasteiger partial charge in [0.05, 0.1) is 6.42 Å². The predicted molar refractivity (Wildman–Crippen MR) is 75.2 cm³/mol. The summed E-state index contributed by atoms with van der Waals surface area (Å²) in [5.74, 6) is -0.0240. The second-order valence-corrected chi connectivity index (χ2v) is 5.49. The third-order valence-corrected chi connectivity index (χ3v) is 3.85. The number of carbonyl (C=O) groups excluding carboxylic acids is 1. The molecule has 3 nitrogen and oxygen atoms in total. The molecule has 0 atom stereocenters. The van der Waals surface area contributed by atoms with Crippen LogP contribution in [0.2, 0.25) is 0 Å². The average molecular weight is 311 g/mol. The molecular weight excluding hydrogens is 300 g/mol. The molecule has 88 valence electrons. The fourth-order valence-corrected chi connectivity index (χ4v) is 2.83. The molecule has 1 heterocycles. The van der Waals surface area contributed by atoms with Crippen LogP contribution in [-0.2, 0) is 11.2 Å². The molecule has 0 fully saturated rings. The van der Waals surface area contributed by atoms with Gasteiger partial charge in [-0.3, -0.25) is 4.79 Å². The number of rotatable bonds is 3. The fourth-order valence-electron chi connectivity index (χ4n) is 1.38. The van der Waals surface area contributed by atoms with Crippen LogP contribution in [0.25, 0.3) is 0 Å². The van der Waals surface area contributed by atoms with Crippen LogP contribution in [0.5, 0.6) is 0 Å². The number of halogens is 1. The Balaban J connectivity index is 1.95. The van der Waals surface area contributed by atoms with Crippen molar-refractivity contribution < 1.29 is 4.79 Å². The maximum absolute atomic E-state index is 11.7. The number of hydrogen-bond acceptors (Lipinski definition) is 3. The van der Waals surface area contributed by atoms with Crippen molar-refractivity contribution in [2.75, 3.05) is 11.1 Å². The highest BCUT2D eigenvalue weighted by Crippen LogP contribution is 2.20. The molecule has 5 heteroatoms. The molecule has 0 aliphatic rings. The van der Waals surface area contributed by atoms with Gasteiger partial charge in [-0.05, 0) is 46.3 Å². The number of anilines is 2. The summed E-state index contributed by atoms with van der Waals surface area (Å²) in [6.45, 7) is 0. The van der Waals surface area contributed by atoms with Gasteiger partial charge in [0.25, 0.3) is 0 Å². The highest BCUT2D eigenvalue weighted by Gasteiger charge is 2.06. The Morgan fingerprint density at radius 2 is 2.06 bits per heavy atom. The Kier molecular flexibility index (Phi) is 3.81. The Hall–Kier alpha value is -1.33. The van der Waals surface area contributed by atoms with E-state index in [0.29, 0.717) is 12.1 Å². The van der Waals surface area contributed by atoms with Gasteiger partial charge in [-0.15, -0.1) is 11.3 Å². The third-order valence-electron chi connectivity index (χ3n) is 2.15. The minimum atomic E-state index is -0.0240. The summed E-state index contributed by atoms with van der Waals surface area (Å²) in [6, 6.07) is 9.05. The topological polar surface area (TPSA) is 55.1 Å². The molecule has 2 aromatic rings. The number of carbonyl (C=O) groups is 1. The lowest BCUT2D eigenvalue weighted by Crippen LogP contribution is -2.13. The van der Waals surface area contributed by atoms with E-state index in [2.05, 4.69) is 21.2 Å². The maximum Gasteiger partial charge on any atom is 0.229 e. The smallest absolute Gasteiger partial charge is 0.229 e. The summed E-state index contributed by atoms with van der Waals surface area (Å²) < 4.78 is 1.01. The van der Waals surface area contributed by atoms with E-state index in [9.17, 15) is 4.79 Å². The summed E-state index contributed by atoms with van der Waals surface area (Å²) in [6.07, 6.45) is 0.390. The Morgan fingerprint density at radius 1 is 1.35 bits per heavy atom. The van der Waals surface area contributed by atoms with E-state index in [1.54, 1.807) is 35.6 Å². The van der Waals surface area contributed by atoms with Crippen molar-refractivity contribution in [2.24, 2.45) is 0 Å². The average Bonchev–Trinajstić information content (AvgIpc) is 2.67. The lowest BCUT2D eigenvalue weighted by Gasteiger charge is -2.04. The van der Waals surface area contributed by atoms with Crippen LogP contribution < -0.4 is 11.1 Å². The molecule has 0 aliphatic carbocycles. The van der Waals surface area contributed by atoms with E-state index in [0.717, 1.165) is 15.0 Å². The van der Waals surface area contributed by atoms with Gasteiger partial charge in [0.2, 0.25) is 5.91 Å². The van der Waals surface area contributed by atoms with Gasteiger partial charge in [-0.2, -0.15) is 0 Å². The van der Waals surface area contributed by atoms with Crippen LogP contribution in [-0.4, -0.2) is 5.91 Å². The normalized spacial score (nSPS) is 10.2. The molecule has 0 radical (unpaired) electrons. The van der Waals surface area contributed by atoms with Crippen molar-refractivity contribution in [3.63, 3.8) is 0 Å².